The standard InChI is InChI=1S/C21H19ClFN7O2S/c1-11-15(7-12-9-27-21(25-3)29-19(12)28-11)14-5-4-6-16(18(14)23)30-33(31,32)17-8-13(22)10-26-20(17)24-2/h4-10,30H,1-3H3,(H,24,26)(H,25,27,28,29). The van der Waals surface area contributed by atoms with Crippen molar-refractivity contribution in [2.45, 2.75) is 11.8 Å². The summed E-state index contributed by atoms with van der Waals surface area (Å²) in [4.78, 5) is 16.7. The molecule has 0 amide bonds. The van der Waals surface area contributed by atoms with E-state index in [2.05, 4.69) is 35.3 Å². The van der Waals surface area contributed by atoms with E-state index in [1.165, 1.54) is 25.4 Å². The van der Waals surface area contributed by atoms with Gasteiger partial charge in [0.2, 0.25) is 5.95 Å². The number of hydrogen-bond donors (Lipinski definition) is 3. The van der Waals surface area contributed by atoms with Crippen LogP contribution in [0.5, 0.6) is 0 Å². The molecule has 0 radical (unpaired) electrons. The lowest BCUT2D eigenvalue weighted by molar-refractivity contribution is 0.599. The van der Waals surface area contributed by atoms with E-state index in [4.69, 9.17) is 11.6 Å². The second-order valence-corrected chi connectivity index (χ2v) is 9.09. The summed E-state index contributed by atoms with van der Waals surface area (Å²) in [7, 11) is -0.974. The highest BCUT2D eigenvalue weighted by molar-refractivity contribution is 7.92. The van der Waals surface area contributed by atoms with Gasteiger partial charge in [-0.2, -0.15) is 4.98 Å². The van der Waals surface area contributed by atoms with E-state index in [1.807, 2.05) is 0 Å². The van der Waals surface area contributed by atoms with E-state index in [1.54, 1.807) is 38.4 Å². The Morgan fingerprint density at radius 2 is 1.79 bits per heavy atom. The van der Waals surface area contributed by atoms with Gasteiger partial charge in [0.15, 0.2) is 11.5 Å². The van der Waals surface area contributed by atoms with Crippen LogP contribution >= 0.6 is 11.6 Å². The number of aryl methyl sites for hydroxylation is 1. The third-order valence-corrected chi connectivity index (χ3v) is 6.45. The van der Waals surface area contributed by atoms with Crippen LogP contribution < -0.4 is 15.4 Å². The Balaban J connectivity index is 1.78. The fraction of sp³-hybridized carbons (Fsp3) is 0.143. The Hall–Kier alpha value is -3.57. The second kappa shape index (κ2) is 8.75. The molecule has 0 aliphatic rings. The maximum atomic E-state index is 15.5. The average Bonchev–Trinajstić information content (AvgIpc) is 2.79. The van der Waals surface area contributed by atoms with Crippen molar-refractivity contribution in [2.75, 3.05) is 29.5 Å². The lowest BCUT2D eigenvalue weighted by atomic mass is 10.0. The Morgan fingerprint density at radius 3 is 2.52 bits per heavy atom. The molecular formula is C21H19ClFN7O2S. The van der Waals surface area contributed by atoms with Crippen molar-refractivity contribution < 1.29 is 12.8 Å². The van der Waals surface area contributed by atoms with Crippen LogP contribution in [0.4, 0.5) is 21.8 Å². The molecule has 0 aliphatic carbocycles. The molecule has 3 aromatic heterocycles. The van der Waals surface area contributed by atoms with Crippen LogP contribution in [0.3, 0.4) is 0 Å². The quantitative estimate of drug-likeness (QED) is 0.372. The molecule has 9 nitrogen and oxygen atoms in total. The van der Waals surface area contributed by atoms with Crippen molar-refractivity contribution in [1.29, 1.82) is 0 Å². The Bertz CT molecular complexity index is 1480. The molecule has 33 heavy (non-hydrogen) atoms. The molecule has 4 rings (SSSR count). The maximum absolute atomic E-state index is 15.5. The summed E-state index contributed by atoms with van der Waals surface area (Å²) in [5.41, 5.74) is 1.43. The fourth-order valence-electron chi connectivity index (χ4n) is 3.28. The molecule has 0 bridgehead atoms. The third kappa shape index (κ3) is 4.37. The van der Waals surface area contributed by atoms with Crippen LogP contribution in [0.25, 0.3) is 22.2 Å². The van der Waals surface area contributed by atoms with Crippen LogP contribution in [0, 0.1) is 12.7 Å². The molecule has 12 heteroatoms. The number of benzene rings is 1. The molecule has 0 atom stereocenters. The van der Waals surface area contributed by atoms with Crippen LogP contribution in [0.15, 0.2) is 47.6 Å². The number of nitrogens with one attached hydrogen (secondary N) is 3. The first kappa shape index (κ1) is 22.6. The molecule has 3 heterocycles. The summed E-state index contributed by atoms with van der Waals surface area (Å²) in [5.74, 6) is -0.251. The topological polar surface area (TPSA) is 122 Å². The molecule has 3 N–H and O–H groups in total. The van der Waals surface area contributed by atoms with Gasteiger partial charge in [0, 0.05) is 48.7 Å². The number of fused-ring (bicyclic) bond motifs is 1. The Morgan fingerprint density at radius 1 is 1.00 bits per heavy atom. The average molecular weight is 488 g/mol. The van der Waals surface area contributed by atoms with Crippen LogP contribution in [0.1, 0.15) is 5.69 Å². The fourth-order valence-corrected chi connectivity index (χ4v) is 4.75. The summed E-state index contributed by atoms with van der Waals surface area (Å²) in [5, 5.41) is 6.28. The smallest absolute Gasteiger partial charge is 0.265 e. The Kier molecular flexibility index (Phi) is 6.00. The van der Waals surface area contributed by atoms with Gasteiger partial charge in [-0.1, -0.05) is 23.7 Å². The van der Waals surface area contributed by atoms with Gasteiger partial charge in [0.25, 0.3) is 10.0 Å². The maximum Gasteiger partial charge on any atom is 0.265 e. The molecule has 0 saturated carbocycles. The van der Waals surface area contributed by atoms with Crippen molar-refractivity contribution in [3.8, 4) is 11.1 Å². The molecule has 0 fully saturated rings. The number of rotatable bonds is 6. The Labute approximate surface area is 194 Å². The van der Waals surface area contributed by atoms with Crippen molar-refractivity contribution in [3.63, 3.8) is 0 Å². The number of aromatic nitrogens is 4. The van der Waals surface area contributed by atoms with Gasteiger partial charge in [-0.25, -0.2) is 27.8 Å². The molecule has 170 valence electrons. The van der Waals surface area contributed by atoms with Gasteiger partial charge in [0.1, 0.15) is 10.7 Å². The highest BCUT2D eigenvalue weighted by atomic mass is 35.5. The number of hydrogen-bond acceptors (Lipinski definition) is 8. The molecule has 1 aromatic carbocycles. The SMILES string of the molecule is CNc1ncc2cc(-c3cccc(NS(=O)(=O)c4cc(Cl)cnc4NC)c3F)c(C)nc2n1. The van der Waals surface area contributed by atoms with Crippen molar-refractivity contribution >= 4 is 50.1 Å². The minimum Gasteiger partial charge on any atom is -0.372 e. The minimum atomic E-state index is -4.19. The van der Waals surface area contributed by atoms with Crippen LogP contribution in [-0.4, -0.2) is 42.4 Å². The first-order chi connectivity index (χ1) is 15.7. The summed E-state index contributed by atoms with van der Waals surface area (Å²) in [6, 6.07) is 7.39. The van der Waals surface area contributed by atoms with Crippen LogP contribution in [-0.2, 0) is 10.0 Å². The van der Waals surface area contributed by atoms with Crippen molar-refractivity contribution in [1.82, 2.24) is 19.9 Å². The first-order valence-corrected chi connectivity index (χ1v) is 11.6. The predicted molar refractivity (Wildman–Crippen MR) is 127 cm³/mol. The molecule has 0 spiro atoms. The summed E-state index contributed by atoms with van der Waals surface area (Å²) < 4.78 is 43.8. The van der Waals surface area contributed by atoms with E-state index in [0.717, 1.165) is 0 Å². The van der Waals surface area contributed by atoms with Gasteiger partial charge in [0.05, 0.1) is 10.7 Å². The lowest BCUT2D eigenvalue weighted by Gasteiger charge is -2.14. The molecular weight excluding hydrogens is 469 g/mol. The van der Waals surface area contributed by atoms with Crippen LogP contribution in [0.2, 0.25) is 5.02 Å². The van der Waals surface area contributed by atoms with Gasteiger partial charge in [-0.3, -0.25) is 4.72 Å². The summed E-state index contributed by atoms with van der Waals surface area (Å²) in [6.45, 7) is 1.73. The third-order valence-electron chi connectivity index (χ3n) is 4.86. The normalized spacial score (nSPS) is 11.4. The van der Waals surface area contributed by atoms with E-state index in [9.17, 15) is 8.42 Å². The van der Waals surface area contributed by atoms with Crippen molar-refractivity contribution in [3.05, 3.63) is 59.3 Å². The highest BCUT2D eigenvalue weighted by Gasteiger charge is 2.23. The molecule has 0 unspecified atom stereocenters. The molecule has 0 aliphatic heterocycles. The minimum absolute atomic E-state index is 0.0824. The second-order valence-electron chi connectivity index (χ2n) is 7.00. The number of nitrogens with zero attached hydrogens (tertiary/aromatic N) is 4. The van der Waals surface area contributed by atoms with Gasteiger partial charge in [-0.05, 0) is 25.1 Å². The van der Waals surface area contributed by atoms with Gasteiger partial charge >= 0.3 is 0 Å². The largest absolute Gasteiger partial charge is 0.372 e. The van der Waals surface area contributed by atoms with Crippen molar-refractivity contribution in [2.24, 2.45) is 0 Å². The van der Waals surface area contributed by atoms with Gasteiger partial charge < -0.3 is 10.6 Å². The zero-order chi connectivity index (χ0) is 23.8. The van der Waals surface area contributed by atoms with E-state index in [-0.39, 0.29) is 27.0 Å². The van der Waals surface area contributed by atoms with E-state index >= 15 is 4.39 Å². The molecule has 0 saturated heterocycles. The highest BCUT2D eigenvalue weighted by Crippen LogP contribution is 2.33. The first-order valence-electron chi connectivity index (χ1n) is 9.70. The predicted octanol–water partition coefficient (Wildman–Crippen LogP) is 4.07. The summed E-state index contributed by atoms with van der Waals surface area (Å²) >= 11 is 5.93. The van der Waals surface area contributed by atoms with E-state index in [0.29, 0.717) is 28.2 Å². The number of anilines is 3. The number of pyridine rings is 2. The zero-order valence-electron chi connectivity index (χ0n) is 17.8. The summed E-state index contributed by atoms with van der Waals surface area (Å²) in [6.07, 6.45) is 2.90. The number of sulfonamides is 1. The monoisotopic (exact) mass is 487 g/mol. The lowest BCUT2D eigenvalue weighted by Crippen LogP contribution is -2.16. The zero-order valence-corrected chi connectivity index (χ0v) is 19.4. The van der Waals surface area contributed by atoms with E-state index < -0.39 is 15.8 Å². The molecule has 4 aromatic rings. The van der Waals surface area contributed by atoms with Gasteiger partial charge in [-0.15, -0.1) is 0 Å². The number of halogens is 2.